The van der Waals surface area contributed by atoms with Gasteiger partial charge in [-0.05, 0) is 99.2 Å². The topological polar surface area (TPSA) is 127 Å². The smallest absolute Gasteiger partial charge is 0.319 e. The minimum absolute atomic E-state index is 0.0256. The average Bonchev–Trinajstić information content (AvgIpc) is 2.97. The first-order chi connectivity index (χ1) is 21.5. The number of hydrogen-bond acceptors (Lipinski definition) is 10. The Morgan fingerprint density at radius 1 is 1.15 bits per heavy atom. The van der Waals surface area contributed by atoms with Crippen LogP contribution >= 0.6 is 0 Å². The fourth-order valence-electron chi connectivity index (χ4n) is 7.45. The number of ether oxygens (including phenoxy) is 4. The quantitative estimate of drug-likeness (QED) is 0.267. The first kappa shape index (κ1) is 38.8. The van der Waals surface area contributed by atoms with Crippen molar-refractivity contribution in [1.29, 1.82) is 0 Å². The lowest BCUT2D eigenvalue weighted by atomic mass is 9.74. The maximum atomic E-state index is 14.2. The summed E-state index contributed by atoms with van der Waals surface area (Å²) in [5, 5.41) is 14.5. The van der Waals surface area contributed by atoms with E-state index in [9.17, 15) is 19.5 Å². The number of likely N-dealkylation sites (N-methyl/N-ethyl adjacent to an activating group) is 1. The fraction of sp³-hybridized carbons (Fsp3) is 0.914. The van der Waals surface area contributed by atoms with Crippen LogP contribution in [0, 0.1) is 17.3 Å². The van der Waals surface area contributed by atoms with Crippen molar-refractivity contribution in [2.45, 2.75) is 148 Å². The second-order valence-corrected chi connectivity index (χ2v) is 15.2. The van der Waals surface area contributed by atoms with E-state index in [0.717, 1.165) is 32.2 Å². The third-order valence-electron chi connectivity index (χ3n) is 10.5. The van der Waals surface area contributed by atoms with Gasteiger partial charge in [0.15, 0.2) is 12.1 Å². The van der Waals surface area contributed by atoms with Gasteiger partial charge in [0.05, 0.1) is 17.8 Å². The van der Waals surface area contributed by atoms with Crippen molar-refractivity contribution >= 4 is 17.7 Å². The summed E-state index contributed by atoms with van der Waals surface area (Å²) in [6.45, 7) is 14.7. The van der Waals surface area contributed by atoms with Gasteiger partial charge in [0.2, 0.25) is 5.91 Å². The van der Waals surface area contributed by atoms with E-state index in [0.29, 0.717) is 32.2 Å². The summed E-state index contributed by atoms with van der Waals surface area (Å²) in [7, 11) is 5.45. The van der Waals surface area contributed by atoms with E-state index in [-0.39, 0.29) is 48.4 Å². The molecule has 1 saturated carbocycles. The van der Waals surface area contributed by atoms with Gasteiger partial charge >= 0.3 is 5.97 Å². The number of methoxy groups -OCH3 is 1. The van der Waals surface area contributed by atoms with Crippen molar-refractivity contribution in [3.05, 3.63) is 0 Å². The number of carbonyl (C=O) groups excluding carboxylic acids is 3. The van der Waals surface area contributed by atoms with Gasteiger partial charge < -0.3 is 34.3 Å². The summed E-state index contributed by atoms with van der Waals surface area (Å²) in [4.78, 5) is 44.9. The Kier molecular flexibility index (Phi) is 14.1. The van der Waals surface area contributed by atoms with Crippen molar-refractivity contribution in [2.75, 3.05) is 40.9 Å². The Balaban J connectivity index is 1.95. The zero-order chi connectivity index (χ0) is 34.4. The number of nitrogens with one attached hydrogen (secondary N) is 1. The van der Waals surface area contributed by atoms with Crippen LogP contribution < -0.4 is 5.32 Å². The molecule has 2 heterocycles. The molecule has 11 nitrogen and oxygen atoms in total. The first-order valence-corrected chi connectivity index (χ1v) is 17.5. The standard InChI is InChI=1S/C35H63N3O8/c1-11-17-38-20-22(2)19-35(7,43-10)31(46-32-29(40)27(37(8)9)18-23(3)45-32)24(4)30(41)34(5,6)33(42)44-21-26(38)15-16-28(39)36-25-13-12-14-25/h22-27,29,31-32,40H,11-21H2,1-10H3,(H,36,39)/t22-,23-,24+,26-,27+,29-,31-,32+,35-/m1/s1. The molecule has 0 aromatic heterocycles. The van der Waals surface area contributed by atoms with E-state index in [1.807, 2.05) is 32.8 Å². The number of hydrogen-bond donors (Lipinski definition) is 2. The lowest BCUT2D eigenvalue weighted by molar-refractivity contribution is -0.295. The van der Waals surface area contributed by atoms with Gasteiger partial charge in [-0.2, -0.15) is 0 Å². The summed E-state index contributed by atoms with van der Waals surface area (Å²) in [6, 6.07) is -0.104. The number of nitrogens with zero attached hydrogens (tertiary/aromatic N) is 2. The lowest BCUT2D eigenvalue weighted by Crippen LogP contribution is -2.59. The molecule has 2 saturated heterocycles. The van der Waals surface area contributed by atoms with E-state index < -0.39 is 41.4 Å². The molecule has 2 aliphatic heterocycles. The van der Waals surface area contributed by atoms with E-state index in [2.05, 4.69) is 24.1 Å². The molecule has 2 N–H and O–H groups in total. The van der Waals surface area contributed by atoms with E-state index in [1.165, 1.54) is 0 Å². The third-order valence-corrected chi connectivity index (χ3v) is 10.5. The minimum Gasteiger partial charge on any atom is -0.463 e. The Morgan fingerprint density at radius 2 is 1.83 bits per heavy atom. The molecular weight excluding hydrogens is 590 g/mol. The number of carbonyl (C=O) groups is 3. The highest BCUT2D eigenvalue weighted by molar-refractivity contribution is 6.04. The second-order valence-electron chi connectivity index (χ2n) is 15.2. The third kappa shape index (κ3) is 9.50. The van der Waals surface area contributed by atoms with Crippen molar-refractivity contribution < 1.29 is 38.4 Å². The number of Topliss-reactive ketones (excluding diaryl/α,β-unsaturated/α-hetero) is 1. The van der Waals surface area contributed by atoms with E-state index in [1.54, 1.807) is 27.9 Å². The molecule has 46 heavy (non-hydrogen) atoms. The number of aliphatic hydroxyl groups is 1. The first-order valence-electron chi connectivity index (χ1n) is 17.5. The molecule has 3 rings (SSSR count). The van der Waals surface area contributed by atoms with Crippen molar-refractivity contribution in [1.82, 2.24) is 15.1 Å². The molecule has 0 radical (unpaired) electrons. The number of ketones is 1. The van der Waals surface area contributed by atoms with Crippen molar-refractivity contribution in [3.8, 4) is 0 Å². The van der Waals surface area contributed by atoms with Gasteiger partial charge in [-0.25, -0.2) is 0 Å². The van der Waals surface area contributed by atoms with Crippen LogP contribution in [0.15, 0.2) is 0 Å². The van der Waals surface area contributed by atoms with Crippen molar-refractivity contribution in [2.24, 2.45) is 17.3 Å². The maximum absolute atomic E-state index is 14.2. The minimum atomic E-state index is -1.47. The summed E-state index contributed by atoms with van der Waals surface area (Å²) >= 11 is 0. The average molecular weight is 654 g/mol. The molecule has 266 valence electrons. The Morgan fingerprint density at radius 3 is 2.39 bits per heavy atom. The summed E-state index contributed by atoms with van der Waals surface area (Å²) in [6.07, 6.45) is 3.22. The van der Waals surface area contributed by atoms with Crippen LogP contribution in [-0.4, -0.2) is 122 Å². The van der Waals surface area contributed by atoms with Gasteiger partial charge in [-0.3, -0.25) is 19.3 Å². The molecule has 0 bridgehead atoms. The van der Waals surface area contributed by atoms with Gasteiger partial charge in [-0.1, -0.05) is 20.8 Å². The predicted octanol–water partition coefficient (Wildman–Crippen LogP) is 3.55. The fourth-order valence-corrected chi connectivity index (χ4v) is 7.45. The molecule has 3 fully saturated rings. The molecule has 0 unspecified atom stereocenters. The normalized spacial score (nSPS) is 37.0. The summed E-state index contributed by atoms with van der Waals surface area (Å²) in [5.74, 6) is -1.61. The highest BCUT2D eigenvalue weighted by Crippen LogP contribution is 2.38. The monoisotopic (exact) mass is 653 g/mol. The van der Waals surface area contributed by atoms with Gasteiger partial charge in [-0.15, -0.1) is 0 Å². The summed E-state index contributed by atoms with van der Waals surface area (Å²) in [5.41, 5.74) is -2.43. The van der Waals surface area contributed by atoms with Crippen LogP contribution in [0.5, 0.6) is 0 Å². The Bertz CT molecular complexity index is 1020. The molecule has 1 aliphatic carbocycles. The Labute approximate surface area is 277 Å². The van der Waals surface area contributed by atoms with Crippen LogP contribution in [0.25, 0.3) is 0 Å². The number of amides is 1. The second kappa shape index (κ2) is 16.7. The summed E-state index contributed by atoms with van der Waals surface area (Å²) < 4.78 is 24.9. The molecule has 9 atom stereocenters. The van der Waals surface area contributed by atoms with Gasteiger partial charge in [0.25, 0.3) is 0 Å². The molecule has 11 heteroatoms. The van der Waals surface area contributed by atoms with Crippen molar-refractivity contribution in [3.63, 3.8) is 0 Å². The van der Waals surface area contributed by atoms with Crippen LogP contribution in [0.3, 0.4) is 0 Å². The molecular formula is C35H63N3O8. The number of esters is 1. The largest absolute Gasteiger partial charge is 0.463 e. The number of rotatable bonds is 10. The van der Waals surface area contributed by atoms with Crippen LogP contribution in [-0.2, 0) is 33.3 Å². The highest BCUT2D eigenvalue weighted by Gasteiger charge is 2.51. The van der Waals surface area contributed by atoms with Gasteiger partial charge in [0.1, 0.15) is 18.1 Å². The molecule has 1 amide bonds. The molecule has 0 spiro atoms. The maximum Gasteiger partial charge on any atom is 0.319 e. The lowest BCUT2D eigenvalue weighted by Gasteiger charge is -2.47. The van der Waals surface area contributed by atoms with Crippen LogP contribution in [0.2, 0.25) is 0 Å². The predicted molar refractivity (Wildman–Crippen MR) is 176 cm³/mol. The van der Waals surface area contributed by atoms with Gasteiger partial charge in [0, 0.05) is 44.1 Å². The van der Waals surface area contributed by atoms with Crippen LogP contribution in [0.4, 0.5) is 0 Å². The Hall–Kier alpha value is -1.63. The number of aliphatic hydroxyl groups excluding tert-OH is 1. The molecule has 3 aliphatic rings. The van der Waals surface area contributed by atoms with Crippen LogP contribution in [0.1, 0.15) is 99.8 Å². The zero-order valence-electron chi connectivity index (χ0n) is 30.2. The molecule has 0 aromatic carbocycles. The zero-order valence-corrected chi connectivity index (χ0v) is 30.2. The highest BCUT2D eigenvalue weighted by atomic mass is 16.7. The molecule has 0 aromatic rings. The number of cyclic esters (lactones) is 1. The SMILES string of the molecule is CCCN1C[C@H](C)C[C@@](C)(OC)[C@H](O[C@@H]2O[C@H](C)C[C@H](N(C)C)[C@H]2O)[C@@H](C)C(=O)C(C)(C)C(=O)OC[C@H]1CCC(=O)NC1CCC1. The van der Waals surface area contributed by atoms with E-state index in [4.69, 9.17) is 18.9 Å². The van der Waals surface area contributed by atoms with E-state index >= 15 is 0 Å².